The number of nitrogens with one attached hydrogen (secondary N) is 2. The number of unbranched alkanes of at least 4 members (excludes halogenated alkanes) is 1. The Morgan fingerprint density at radius 2 is 2.12 bits per heavy atom. The van der Waals surface area contributed by atoms with E-state index >= 15 is 0 Å². The SMILES string of the molecule is CCCCC(C)NS(=O)(=O)c1ccc(=O)[nH]c1. The highest BCUT2D eigenvalue weighted by molar-refractivity contribution is 7.89. The average molecular weight is 258 g/mol. The highest BCUT2D eigenvalue weighted by Crippen LogP contribution is 2.08. The van der Waals surface area contributed by atoms with Crippen LogP contribution in [0.15, 0.2) is 28.0 Å². The van der Waals surface area contributed by atoms with Gasteiger partial charge < -0.3 is 4.98 Å². The Morgan fingerprint density at radius 3 is 2.65 bits per heavy atom. The van der Waals surface area contributed by atoms with Crippen molar-refractivity contribution in [3.63, 3.8) is 0 Å². The summed E-state index contributed by atoms with van der Waals surface area (Å²) in [5, 5.41) is 0. The first kappa shape index (κ1) is 13.9. The molecule has 0 spiro atoms. The van der Waals surface area contributed by atoms with Gasteiger partial charge in [0.1, 0.15) is 0 Å². The normalized spacial score (nSPS) is 13.5. The minimum absolute atomic E-state index is 0.0837. The Labute approximate surface area is 101 Å². The van der Waals surface area contributed by atoms with E-state index in [9.17, 15) is 13.2 Å². The summed E-state index contributed by atoms with van der Waals surface area (Å²) in [6.07, 6.45) is 4.02. The fraction of sp³-hybridized carbons (Fsp3) is 0.545. The minimum atomic E-state index is -3.53. The Hall–Kier alpha value is -1.14. The second kappa shape index (κ2) is 5.97. The molecule has 1 aromatic rings. The number of H-pyrrole nitrogens is 1. The molecule has 0 aliphatic rings. The van der Waals surface area contributed by atoms with Crippen molar-refractivity contribution in [2.45, 2.75) is 44.0 Å². The van der Waals surface area contributed by atoms with Gasteiger partial charge >= 0.3 is 0 Å². The molecule has 1 unspecified atom stereocenters. The Morgan fingerprint density at radius 1 is 1.41 bits per heavy atom. The van der Waals surface area contributed by atoms with Gasteiger partial charge in [0.15, 0.2) is 0 Å². The summed E-state index contributed by atoms with van der Waals surface area (Å²) in [5.41, 5.74) is -0.317. The molecule has 5 nitrogen and oxygen atoms in total. The van der Waals surface area contributed by atoms with Gasteiger partial charge in [-0.1, -0.05) is 19.8 Å². The summed E-state index contributed by atoms with van der Waals surface area (Å²) in [4.78, 5) is 13.3. The van der Waals surface area contributed by atoms with E-state index in [1.54, 1.807) is 0 Å². The van der Waals surface area contributed by atoms with Gasteiger partial charge in [0.2, 0.25) is 15.6 Å². The second-order valence-corrected chi connectivity index (χ2v) is 5.77. The van der Waals surface area contributed by atoms with Crippen molar-refractivity contribution < 1.29 is 8.42 Å². The molecule has 0 aliphatic carbocycles. The van der Waals surface area contributed by atoms with E-state index in [4.69, 9.17) is 0 Å². The third-order valence-corrected chi connectivity index (χ3v) is 4.00. The van der Waals surface area contributed by atoms with Crippen LogP contribution in [0.25, 0.3) is 0 Å². The van der Waals surface area contributed by atoms with Crippen LogP contribution in [-0.2, 0) is 10.0 Å². The molecule has 1 heterocycles. The van der Waals surface area contributed by atoms with Crippen molar-refractivity contribution in [2.75, 3.05) is 0 Å². The van der Waals surface area contributed by atoms with Crippen molar-refractivity contribution in [1.29, 1.82) is 0 Å². The van der Waals surface area contributed by atoms with E-state index in [1.807, 2.05) is 6.92 Å². The van der Waals surface area contributed by atoms with Crippen molar-refractivity contribution in [3.8, 4) is 0 Å². The number of aromatic nitrogens is 1. The van der Waals surface area contributed by atoms with Crippen LogP contribution >= 0.6 is 0 Å². The molecular weight excluding hydrogens is 240 g/mol. The molecule has 1 atom stereocenters. The molecule has 0 saturated carbocycles. The molecule has 2 N–H and O–H groups in total. The summed E-state index contributed by atoms with van der Waals surface area (Å²) in [7, 11) is -3.53. The first-order valence-corrected chi connectivity index (χ1v) is 7.15. The van der Waals surface area contributed by atoms with Crippen LogP contribution in [0.5, 0.6) is 0 Å². The zero-order valence-electron chi connectivity index (χ0n) is 10.1. The van der Waals surface area contributed by atoms with Gasteiger partial charge in [-0.3, -0.25) is 4.79 Å². The number of rotatable bonds is 6. The first-order valence-electron chi connectivity index (χ1n) is 5.67. The Kier molecular flexibility index (Phi) is 4.89. The average Bonchev–Trinajstić information content (AvgIpc) is 2.26. The predicted molar refractivity (Wildman–Crippen MR) is 66.4 cm³/mol. The van der Waals surface area contributed by atoms with Crippen LogP contribution in [-0.4, -0.2) is 19.4 Å². The molecule has 1 aromatic heterocycles. The fourth-order valence-electron chi connectivity index (χ4n) is 1.47. The summed E-state index contributed by atoms with van der Waals surface area (Å²) >= 11 is 0. The van der Waals surface area contributed by atoms with E-state index in [-0.39, 0.29) is 16.5 Å². The van der Waals surface area contributed by atoms with E-state index in [2.05, 4.69) is 16.6 Å². The summed E-state index contributed by atoms with van der Waals surface area (Å²) in [5.74, 6) is 0. The molecule has 0 saturated heterocycles. The van der Waals surface area contributed by atoms with E-state index in [0.29, 0.717) is 0 Å². The van der Waals surface area contributed by atoms with Crippen LogP contribution in [0, 0.1) is 0 Å². The number of pyridine rings is 1. The lowest BCUT2D eigenvalue weighted by atomic mass is 10.2. The maximum atomic E-state index is 11.9. The summed E-state index contributed by atoms with van der Waals surface area (Å²) in [6.45, 7) is 3.89. The Balaban J connectivity index is 2.75. The predicted octanol–water partition coefficient (Wildman–Crippen LogP) is 1.23. The van der Waals surface area contributed by atoms with E-state index in [0.717, 1.165) is 19.3 Å². The number of aromatic amines is 1. The third-order valence-electron chi connectivity index (χ3n) is 2.41. The van der Waals surface area contributed by atoms with Crippen molar-refractivity contribution >= 4 is 10.0 Å². The fourth-order valence-corrected chi connectivity index (χ4v) is 2.71. The topological polar surface area (TPSA) is 79.0 Å². The molecule has 0 radical (unpaired) electrons. The first-order chi connectivity index (χ1) is 7.95. The minimum Gasteiger partial charge on any atom is -0.328 e. The van der Waals surface area contributed by atoms with Crippen LogP contribution in [0.2, 0.25) is 0 Å². The van der Waals surface area contributed by atoms with Crippen molar-refractivity contribution in [1.82, 2.24) is 9.71 Å². The van der Waals surface area contributed by atoms with Crippen LogP contribution in [0.1, 0.15) is 33.1 Å². The highest BCUT2D eigenvalue weighted by atomic mass is 32.2. The van der Waals surface area contributed by atoms with Gasteiger partial charge in [0.25, 0.3) is 0 Å². The van der Waals surface area contributed by atoms with Crippen LogP contribution in [0.3, 0.4) is 0 Å². The molecule has 6 heteroatoms. The van der Waals surface area contributed by atoms with Gasteiger partial charge in [0.05, 0.1) is 4.90 Å². The summed E-state index contributed by atoms with van der Waals surface area (Å²) < 4.78 is 26.3. The van der Waals surface area contributed by atoms with Crippen molar-refractivity contribution in [3.05, 3.63) is 28.7 Å². The van der Waals surface area contributed by atoms with Gasteiger partial charge in [0, 0.05) is 18.3 Å². The lowest BCUT2D eigenvalue weighted by Gasteiger charge is -2.13. The van der Waals surface area contributed by atoms with Crippen LogP contribution in [0.4, 0.5) is 0 Å². The molecule has 0 amide bonds. The lowest BCUT2D eigenvalue weighted by Crippen LogP contribution is -2.32. The smallest absolute Gasteiger partial charge is 0.247 e. The molecule has 0 aromatic carbocycles. The van der Waals surface area contributed by atoms with Gasteiger partial charge in [-0.05, 0) is 19.4 Å². The molecule has 0 aliphatic heterocycles. The van der Waals surface area contributed by atoms with E-state index in [1.165, 1.54) is 18.3 Å². The molecule has 0 bridgehead atoms. The second-order valence-electron chi connectivity index (χ2n) is 4.05. The van der Waals surface area contributed by atoms with Gasteiger partial charge in [-0.2, -0.15) is 0 Å². The van der Waals surface area contributed by atoms with E-state index < -0.39 is 10.0 Å². The van der Waals surface area contributed by atoms with Gasteiger partial charge in [-0.15, -0.1) is 0 Å². The standard InChI is InChI=1S/C11H18N2O3S/c1-3-4-5-9(2)13-17(15,16)10-6-7-11(14)12-8-10/h6-9,13H,3-5H2,1-2H3,(H,12,14). The number of hydrogen-bond acceptors (Lipinski definition) is 3. The van der Waals surface area contributed by atoms with Crippen molar-refractivity contribution in [2.24, 2.45) is 0 Å². The number of sulfonamides is 1. The quantitative estimate of drug-likeness (QED) is 0.805. The maximum absolute atomic E-state index is 11.9. The zero-order valence-corrected chi connectivity index (χ0v) is 10.9. The Bertz CT molecular complexity index is 487. The maximum Gasteiger partial charge on any atom is 0.247 e. The largest absolute Gasteiger partial charge is 0.328 e. The molecule has 17 heavy (non-hydrogen) atoms. The molecule has 0 fully saturated rings. The van der Waals surface area contributed by atoms with Gasteiger partial charge in [-0.25, -0.2) is 13.1 Å². The molecule has 96 valence electrons. The lowest BCUT2D eigenvalue weighted by molar-refractivity contribution is 0.534. The monoisotopic (exact) mass is 258 g/mol. The van der Waals surface area contributed by atoms with Crippen LogP contribution < -0.4 is 10.3 Å². The molecule has 1 rings (SSSR count). The third kappa shape index (κ3) is 4.32. The summed E-state index contributed by atoms with van der Waals surface area (Å²) in [6, 6.07) is 2.39. The highest BCUT2D eigenvalue weighted by Gasteiger charge is 2.16. The molecular formula is C11H18N2O3S. The number of hydrogen-bond donors (Lipinski definition) is 2. The zero-order chi connectivity index (χ0) is 12.9.